The average Bonchev–Trinajstić information content (AvgIpc) is 3.36. The summed E-state index contributed by atoms with van der Waals surface area (Å²) in [5, 5.41) is 22.6. The SMILES string of the molecule is Cc1cccc(C2/C(=C(\O)c3ccc([N+](=O)[O-])cc3)C(=O)C(=O)N2c2nc3cc(C)c(C)cc3s2)c1. The summed E-state index contributed by atoms with van der Waals surface area (Å²) in [7, 11) is 0. The summed E-state index contributed by atoms with van der Waals surface area (Å²) in [6.07, 6.45) is 0. The van der Waals surface area contributed by atoms with Crippen LogP contribution in [0.5, 0.6) is 0 Å². The van der Waals surface area contributed by atoms with Crippen LogP contribution in [0.15, 0.2) is 66.2 Å². The molecule has 1 aliphatic rings. The monoisotopic (exact) mass is 499 g/mol. The lowest BCUT2D eigenvalue weighted by Crippen LogP contribution is -2.29. The van der Waals surface area contributed by atoms with Crippen LogP contribution in [0.2, 0.25) is 0 Å². The molecular formula is C27H21N3O5S. The molecule has 5 rings (SSSR count). The predicted octanol–water partition coefficient (Wildman–Crippen LogP) is 5.76. The molecule has 2 heterocycles. The topological polar surface area (TPSA) is 114 Å². The van der Waals surface area contributed by atoms with Crippen molar-refractivity contribution in [2.75, 3.05) is 4.90 Å². The minimum absolute atomic E-state index is 0.0916. The van der Waals surface area contributed by atoms with Gasteiger partial charge in [-0.05, 0) is 61.7 Å². The molecule has 1 unspecified atom stereocenters. The number of aryl methyl sites for hydroxylation is 3. The molecule has 1 atom stereocenters. The van der Waals surface area contributed by atoms with Gasteiger partial charge < -0.3 is 5.11 Å². The Labute approximate surface area is 210 Å². The third kappa shape index (κ3) is 3.83. The second-order valence-corrected chi connectivity index (χ2v) is 9.80. The van der Waals surface area contributed by atoms with Crippen LogP contribution in [-0.2, 0) is 9.59 Å². The zero-order valence-electron chi connectivity index (χ0n) is 19.7. The third-order valence-corrected chi connectivity index (χ3v) is 7.37. The standard InChI is InChI=1S/C27H21N3O5S/c1-14-5-4-6-18(11-14)23-22(24(31)17-7-9-19(10-8-17)30(34)35)25(32)26(33)29(23)27-28-20-12-15(2)16(3)13-21(20)36-27/h4-13,23,31H,1-3H3/b24-22+. The molecule has 1 N–H and O–H groups in total. The Bertz CT molecular complexity index is 1560. The number of thiazole rings is 1. The quantitative estimate of drug-likeness (QED) is 0.126. The number of aromatic nitrogens is 1. The maximum atomic E-state index is 13.4. The zero-order valence-corrected chi connectivity index (χ0v) is 20.5. The van der Waals surface area contributed by atoms with Gasteiger partial charge in [0.25, 0.3) is 11.5 Å². The number of Topliss-reactive ketones (excluding diaryl/α,β-unsaturated/α-hetero) is 1. The molecule has 1 aliphatic heterocycles. The number of carbonyl (C=O) groups is 2. The van der Waals surface area contributed by atoms with Crippen LogP contribution >= 0.6 is 11.3 Å². The van der Waals surface area contributed by atoms with E-state index in [1.807, 2.05) is 51.1 Å². The highest BCUT2D eigenvalue weighted by atomic mass is 32.1. The van der Waals surface area contributed by atoms with Crippen LogP contribution in [-0.4, -0.2) is 26.7 Å². The molecule has 3 aromatic carbocycles. The number of aliphatic hydroxyl groups is 1. The smallest absolute Gasteiger partial charge is 0.301 e. The van der Waals surface area contributed by atoms with E-state index < -0.39 is 28.4 Å². The van der Waals surface area contributed by atoms with E-state index in [-0.39, 0.29) is 16.8 Å². The van der Waals surface area contributed by atoms with E-state index in [2.05, 4.69) is 4.98 Å². The van der Waals surface area contributed by atoms with Crippen LogP contribution in [0.4, 0.5) is 10.8 Å². The van der Waals surface area contributed by atoms with Gasteiger partial charge in [-0.3, -0.25) is 24.6 Å². The number of anilines is 1. The summed E-state index contributed by atoms with van der Waals surface area (Å²) in [5.41, 5.74) is 4.40. The molecule has 180 valence electrons. The zero-order chi connectivity index (χ0) is 25.7. The Hall–Kier alpha value is -4.37. The van der Waals surface area contributed by atoms with Crippen molar-refractivity contribution in [2.24, 2.45) is 0 Å². The normalized spacial score (nSPS) is 17.2. The first-order valence-electron chi connectivity index (χ1n) is 11.2. The van der Waals surface area contributed by atoms with Gasteiger partial charge >= 0.3 is 5.91 Å². The summed E-state index contributed by atoms with van der Waals surface area (Å²) in [4.78, 5) is 43.2. The number of nitro groups is 1. The number of amides is 1. The summed E-state index contributed by atoms with van der Waals surface area (Å²) in [6, 6.07) is 15.6. The number of nitrogens with zero attached hydrogens (tertiary/aromatic N) is 3. The van der Waals surface area contributed by atoms with Crippen molar-refractivity contribution in [3.05, 3.63) is 104 Å². The molecule has 0 aliphatic carbocycles. The van der Waals surface area contributed by atoms with Crippen molar-refractivity contribution < 1.29 is 19.6 Å². The highest BCUT2D eigenvalue weighted by molar-refractivity contribution is 7.22. The van der Waals surface area contributed by atoms with Crippen molar-refractivity contribution in [3.63, 3.8) is 0 Å². The summed E-state index contributed by atoms with van der Waals surface area (Å²) >= 11 is 1.30. The minimum Gasteiger partial charge on any atom is -0.507 e. The molecular weight excluding hydrogens is 478 g/mol. The Kier molecular flexibility index (Phi) is 5.64. The average molecular weight is 500 g/mol. The second-order valence-electron chi connectivity index (χ2n) is 8.79. The number of nitro benzene ring substituents is 1. The molecule has 8 nitrogen and oxygen atoms in total. The number of ketones is 1. The highest BCUT2D eigenvalue weighted by Gasteiger charge is 2.48. The molecule has 1 fully saturated rings. The van der Waals surface area contributed by atoms with Gasteiger partial charge in [0.1, 0.15) is 5.76 Å². The summed E-state index contributed by atoms with van der Waals surface area (Å²) in [6.45, 7) is 5.88. The molecule has 0 bridgehead atoms. The number of hydrogen-bond donors (Lipinski definition) is 1. The highest BCUT2D eigenvalue weighted by Crippen LogP contribution is 2.44. The van der Waals surface area contributed by atoms with E-state index in [9.17, 15) is 24.8 Å². The summed E-state index contributed by atoms with van der Waals surface area (Å²) < 4.78 is 0.883. The lowest BCUT2D eigenvalue weighted by Gasteiger charge is -2.23. The fraction of sp³-hybridized carbons (Fsp3) is 0.148. The molecule has 36 heavy (non-hydrogen) atoms. The first-order valence-corrected chi connectivity index (χ1v) is 12.0. The van der Waals surface area contributed by atoms with Gasteiger partial charge in [0.15, 0.2) is 5.13 Å². The molecule has 4 aromatic rings. The minimum atomic E-state index is -0.914. The number of rotatable bonds is 4. The molecule has 1 amide bonds. The van der Waals surface area contributed by atoms with Gasteiger partial charge in [-0.2, -0.15) is 0 Å². The first-order chi connectivity index (χ1) is 17.2. The maximum absolute atomic E-state index is 13.4. The molecule has 0 saturated carbocycles. The Morgan fingerprint density at radius 3 is 2.39 bits per heavy atom. The van der Waals surface area contributed by atoms with E-state index in [0.29, 0.717) is 10.7 Å². The molecule has 9 heteroatoms. The Morgan fingerprint density at radius 1 is 1.03 bits per heavy atom. The van der Waals surface area contributed by atoms with Crippen LogP contribution in [0.3, 0.4) is 0 Å². The van der Waals surface area contributed by atoms with Crippen molar-refractivity contribution >= 4 is 49.8 Å². The van der Waals surface area contributed by atoms with E-state index in [1.54, 1.807) is 6.07 Å². The van der Waals surface area contributed by atoms with Crippen LogP contribution < -0.4 is 4.90 Å². The van der Waals surface area contributed by atoms with E-state index in [0.717, 1.165) is 26.9 Å². The van der Waals surface area contributed by atoms with Gasteiger partial charge in [-0.25, -0.2) is 4.98 Å². The van der Waals surface area contributed by atoms with E-state index in [4.69, 9.17) is 0 Å². The lowest BCUT2D eigenvalue weighted by atomic mass is 9.94. The predicted molar refractivity (Wildman–Crippen MR) is 138 cm³/mol. The first kappa shape index (κ1) is 23.4. The van der Waals surface area contributed by atoms with Crippen molar-refractivity contribution in [2.45, 2.75) is 26.8 Å². The number of hydrogen-bond acceptors (Lipinski definition) is 7. The van der Waals surface area contributed by atoms with Gasteiger partial charge in [0.2, 0.25) is 0 Å². The second kappa shape index (κ2) is 8.69. The number of fused-ring (bicyclic) bond motifs is 1. The number of carbonyl (C=O) groups excluding carboxylic acids is 2. The van der Waals surface area contributed by atoms with Crippen LogP contribution in [0, 0.1) is 30.9 Å². The maximum Gasteiger partial charge on any atom is 0.301 e. The van der Waals surface area contributed by atoms with Gasteiger partial charge in [0.05, 0.1) is 26.8 Å². The number of non-ortho nitro benzene ring substituents is 1. The van der Waals surface area contributed by atoms with Gasteiger partial charge in [0, 0.05) is 17.7 Å². The van der Waals surface area contributed by atoms with E-state index in [1.165, 1.54) is 40.5 Å². The van der Waals surface area contributed by atoms with Gasteiger partial charge in [-0.15, -0.1) is 0 Å². The third-order valence-electron chi connectivity index (χ3n) is 6.35. The van der Waals surface area contributed by atoms with Crippen LogP contribution in [0.25, 0.3) is 16.0 Å². The van der Waals surface area contributed by atoms with Crippen molar-refractivity contribution in [1.82, 2.24) is 4.98 Å². The van der Waals surface area contributed by atoms with E-state index >= 15 is 0 Å². The Morgan fingerprint density at radius 2 is 1.72 bits per heavy atom. The van der Waals surface area contributed by atoms with Crippen LogP contribution in [0.1, 0.15) is 33.9 Å². The number of benzene rings is 3. The Balaban J connectivity index is 1.71. The van der Waals surface area contributed by atoms with Crippen molar-refractivity contribution in [3.8, 4) is 0 Å². The lowest BCUT2D eigenvalue weighted by molar-refractivity contribution is -0.384. The number of aliphatic hydroxyl groups excluding tert-OH is 1. The molecule has 1 aromatic heterocycles. The van der Waals surface area contributed by atoms with Crippen molar-refractivity contribution in [1.29, 1.82) is 0 Å². The fourth-order valence-corrected chi connectivity index (χ4v) is 5.42. The van der Waals surface area contributed by atoms with Gasteiger partial charge in [-0.1, -0.05) is 41.2 Å². The molecule has 0 spiro atoms. The largest absolute Gasteiger partial charge is 0.507 e. The summed E-state index contributed by atoms with van der Waals surface area (Å²) in [5.74, 6) is -2.04. The fourth-order valence-electron chi connectivity index (χ4n) is 4.35. The molecule has 0 radical (unpaired) electrons. The molecule has 1 saturated heterocycles.